The number of hydrogen-bond donors (Lipinski definition) is 2. The molecule has 0 unspecified atom stereocenters. The Hall–Kier alpha value is -1.63. The molecule has 0 amide bonds. The van der Waals surface area contributed by atoms with Crippen molar-refractivity contribution in [3.05, 3.63) is 22.8 Å². The summed E-state index contributed by atoms with van der Waals surface area (Å²) in [5.41, 5.74) is 5.69. The summed E-state index contributed by atoms with van der Waals surface area (Å²) in [6.45, 7) is 6.07. The third-order valence-corrected chi connectivity index (χ3v) is 5.99. The van der Waals surface area contributed by atoms with Crippen LogP contribution in [0.4, 0.5) is 5.82 Å². The van der Waals surface area contributed by atoms with Gasteiger partial charge in [-0.1, -0.05) is 20.8 Å². The largest absolute Gasteiger partial charge is 0.481 e. The van der Waals surface area contributed by atoms with Crippen molar-refractivity contribution >= 4 is 33.2 Å². The van der Waals surface area contributed by atoms with Crippen molar-refractivity contribution in [2.45, 2.75) is 45.4 Å². The second-order valence-corrected chi connectivity index (χ2v) is 7.86. The van der Waals surface area contributed by atoms with Gasteiger partial charge in [0.15, 0.2) is 5.82 Å². The second kappa shape index (κ2) is 5.19. The van der Waals surface area contributed by atoms with Crippen LogP contribution in [-0.4, -0.2) is 25.4 Å². The highest BCUT2D eigenvalue weighted by Crippen LogP contribution is 2.54. The fourth-order valence-corrected chi connectivity index (χ4v) is 4.49. The van der Waals surface area contributed by atoms with Gasteiger partial charge < -0.3 is 10.8 Å². The molecule has 7 heteroatoms. The van der Waals surface area contributed by atoms with E-state index in [0.717, 1.165) is 17.8 Å². The Kier molecular flexibility index (Phi) is 3.66. The number of fused-ring (bicyclic) bond motifs is 1. The van der Waals surface area contributed by atoms with E-state index in [2.05, 4.69) is 32.8 Å². The Bertz CT molecular complexity index is 788. The quantitative estimate of drug-likeness (QED) is 0.851. The van der Waals surface area contributed by atoms with Crippen molar-refractivity contribution in [2.75, 3.05) is 5.73 Å². The predicted octanol–water partition coefficient (Wildman–Crippen LogP) is 3.24. The lowest BCUT2D eigenvalue weighted by atomic mass is 9.73. The molecule has 23 heavy (non-hydrogen) atoms. The van der Waals surface area contributed by atoms with E-state index < -0.39 is 11.4 Å². The van der Waals surface area contributed by atoms with Crippen molar-refractivity contribution < 1.29 is 9.90 Å². The maximum absolute atomic E-state index is 11.9. The van der Waals surface area contributed by atoms with E-state index in [-0.39, 0.29) is 11.3 Å². The van der Waals surface area contributed by atoms with Crippen molar-refractivity contribution in [1.82, 2.24) is 14.4 Å². The Morgan fingerprint density at radius 3 is 2.74 bits per heavy atom. The van der Waals surface area contributed by atoms with Crippen molar-refractivity contribution in [2.24, 2.45) is 11.3 Å². The summed E-state index contributed by atoms with van der Waals surface area (Å²) in [4.78, 5) is 20.7. The molecule has 2 heterocycles. The number of aromatic nitrogens is 3. The molecule has 2 aromatic rings. The minimum absolute atomic E-state index is 0.0724. The standard InChI is InChI=1S/C16H21BrN4O2/c1-9(2)16(14(22)23)5-4-15(3,8-16)13-20-11(17)10-12(18)19-6-7-21(10)13/h6-7,9H,4-5,8H2,1-3H3,(H2,18,19)(H,22,23)/t15-,16-/m1/s1. The highest BCUT2D eigenvalue weighted by Gasteiger charge is 2.54. The monoisotopic (exact) mass is 380 g/mol. The van der Waals surface area contributed by atoms with Gasteiger partial charge >= 0.3 is 5.97 Å². The summed E-state index contributed by atoms with van der Waals surface area (Å²) in [5, 5.41) is 9.81. The first-order valence-electron chi connectivity index (χ1n) is 7.73. The van der Waals surface area contributed by atoms with Crippen molar-refractivity contribution in [3.8, 4) is 0 Å². The maximum atomic E-state index is 11.9. The zero-order chi connectivity index (χ0) is 17.0. The fourth-order valence-electron chi connectivity index (χ4n) is 3.93. The van der Waals surface area contributed by atoms with Crippen LogP contribution in [-0.2, 0) is 10.2 Å². The zero-order valence-corrected chi connectivity index (χ0v) is 15.1. The van der Waals surface area contributed by atoms with Crippen LogP contribution in [0.3, 0.4) is 0 Å². The van der Waals surface area contributed by atoms with Gasteiger partial charge in [0.2, 0.25) is 0 Å². The first-order chi connectivity index (χ1) is 10.7. The molecular weight excluding hydrogens is 360 g/mol. The van der Waals surface area contributed by atoms with E-state index >= 15 is 0 Å². The number of rotatable bonds is 3. The maximum Gasteiger partial charge on any atom is 0.309 e. The Labute approximate surface area is 143 Å². The molecule has 0 bridgehead atoms. The molecule has 124 valence electrons. The van der Waals surface area contributed by atoms with Gasteiger partial charge in [-0.2, -0.15) is 0 Å². The van der Waals surface area contributed by atoms with Gasteiger partial charge in [0.1, 0.15) is 15.9 Å². The first-order valence-corrected chi connectivity index (χ1v) is 8.52. The molecule has 0 aliphatic heterocycles. The number of anilines is 1. The van der Waals surface area contributed by atoms with Gasteiger partial charge in [-0.25, -0.2) is 9.97 Å². The number of nitrogen functional groups attached to an aromatic ring is 1. The second-order valence-electron chi connectivity index (χ2n) is 7.11. The molecule has 1 aliphatic rings. The summed E-state index contributed by atoms with van der Waals surface area (Å²) < 4.78 is 2.58. The number of nitrogens with two attached hydrogens (primary N) is 1. The van der Waals surface area contributed by atoms with Gasteiger partial charge in [-0.3, -0.25) is 9.20 Å². The van der Waals surface area contributed by atoms with E-state index in [1.165, 1.54) is 0 Å². The molecule has 0 saturated heterocycles. The Balaban J connectivity index is 2.13. The molecule has 1 saturated carbocycles. The highest BCUT2D eigenvalue weighted by atomic mass is 79.9. The van der Waals surface area contributed by atoms with Gasteiger partial charge in [-0.05, 0) is 41.1 Å². The average Bonchev–Trinajstić information content (AvgIpc) is 3.00. The number of imidazole rings is 1. The molecule has 2 aromatic heterocycles. The number of nitrogens with zero attached hydrogens (tertiary/aromatic N) is 3. The van der Waals surface area contributed by atoms with Crippen LogP contribution >= 0.6 is 15.9 Å². The minimum atomic E-state index is -0.711. The van der Waals surface area contributed by atoms with Crippen molar-refractivity contribution in [1.29, 1.82) is 0 Å². The Morgan fingerprint density at radius 1 is 1.48 bits per heavy atom. The summed E-state index contributed by atoms with van der Waals surface area (Å²) in [5.74, 6) is 0.617. The number of halogens is 1. The normalized spacial score (nSPS) is 27.9. The lowest BCUT2D eigenvalue weighted by molar-refractivity contribution is -0.151. The Morgan fingerprint density at radius 2 is 2.17 bits per heavy atom. The van der Waals surface area contributed by atoms with E-state index in [0.29, 0.717) is 23.3 Å². The van der Waals surface area contributed by atoms with E-state index in [4.69, 9.17) is 5.73 Å². The van der Waals surface area contributed by atoms with E-state index in [1.54, 1.807) is 6.20 Å². The number of hydrogen-bond acceptors (Lipinski definition) is 4. The third kappa shape index (κ3) is 2.24. The number of carboxylic acids is 1. The molecule has 3 N–H and O–H groups in total. The molecule has 1 fully saturated rings. The lowest BCUT2D eigenvalue weighted by Crippen LogP contribution is -2.36. The van der Waals surface area contributed by atoms with Gasteiger partial charge in [0.05, 0.1) is 5.41 Å². The predicted molar refractivity (Wildman–Crippen MR) is 91.2 cm³/mol. The topological polar surface area (TPSA) is 93.5 Å². The molecule has 3 rings (SSSR count). The average molecular weight is 381 g/mol. The molecule has 0 radical (unpaired) electrons. The van der Waals surface area contributed by atoms with Crippen molar-refractivity contribution in [3.63, 3.8) is 0 Å². The third-order valence-electron chi connectivity index (χ3n) is 5.44. The zero-order valence-electron chi connectivity index (χ0n) is 13.5. The molecule has 0 aromatic carbocycles. The lowest BCUT2D eigenvalue weighted by Gasteiger charge is -2.31. The molecular formula is C16H21BrN4O2. The summed E-state index contributed by atoms with van der Waals surface area (Å²) in [6, 6.07) is 0. The van der Waals surface area contributed by atoms with Gasteiger partial charge in [0.25, 0.3) is 0 Å². The first kappa shape index (κ1) is 16.2. The van der Waals surface area contributed by atoms with E-state index in [9.17, 15) is 9.90 Å². The van der Waals surface area contributed by atoms with Crippen LogP contribution in [0.5, 0.6) is 0 Å². The van der Waals surface area contributed by atoms with Crippen LogP contribution < -0.4 is 5.73 Å². The summed E-state index contributed by atoms with van der Waals surface area (Å²) in [7, 11) is 0. The van der Waals surface area contributed by atoms with Crippen LogP contribution in [0.15, 0.2) is 17.0 Å². The highest BCUT2D eigenvalue weighted by molar-refractivity contribution is 9.10. The SMILES string of the molecule is CC(C)[C@@]1(C(=O)O)CC[C@@](C)(c2nc(Br)c3c(N)nccn23)C1. The van der Waals surface area contributed by atoms with Crippen LogP contribution in [0, 0.1) is 11.3 Å². The van der Waals surface area contributed by atoms with E-state index in [1.807, 2.05) is 24.4 Å². The fraction of sp³-hybridized carbons (Fsp3) is 0.562. The van der Waals surface area contributed by atoms with Crippen LogP contribution in [0.1, 0.15) is 45.9 Å². The van der Waals surface area contributed by atoms with Crippen LogP contribution in [0.2, 0.25) is 0 Å². The molecule has 6 nitrogen and oxygen atoms in total. The number of carbonyl (C=O) groups is 1. The summed E-state index contributed by atoms with van der Waals surface area (Å²) >= 11 is 3.46. The minimum Gasteiger partial charge on any atom is -0.481 e. The van der Waals surface area contributed by atoms with Gasteiger partial charge in [-0.15, -0.1) is 0 Å². The summed E-state index contributed by atoms with van der Waals surface area (Å²) in [6.07, 6.45) is 5.49. The number of aliphatic carboxylic acids is 1. The smallest absolute Gasteiger partial charge is 0.309 e. The van der Waals surface area contributed by atoms with Crippen LogP contribution in [0.25, 0.3) is 5.52 Å². The molecule has 0 spiro atoms. The van der Waals surface area contributed by atoms with Gasteiger partial charge in [0, 0.05) is 17.8 Å². The number of carboxylic acid groups (broad SMARTS) is 1. The molecule has 1 aliphatic carbocycles. The molecule has 2 atom stereocenters.